The summed E-state index contributed by atoms with van der Waals surface area (Å²) in [6.07, 6.45) is 1.71. The number of amides is 1. The molecule has 1 fully saturated rings. The number of carbonyl (C=O) groups is 1. The molecule has 0 saturated carbocycles. The van der Waals surface area contributed by atoms with E-state index in [2.05, 4.69) is 20.9 Å². The van der Waals surface area contributed by atoms with Crippen molar-refractivity contribution in [2.45, 2.75) is 13.0 Å². The third-order valence-corrected chi connectivity index (χ3v) is 3.87. The van der Waals surface area contributed by atoms with E-state index in [0.717, 1.165) is 32.0 Å². The molecule has 2 rings (SSSR count). The van der Waals surface area contributed by atoms with Gasteiger partial charge in [-0.3, -0.25) is 9.69 Å². The van der Waals surface area contributed by atoms with E-state index in [1.807, 2.05) is 6.92 Å². The number of hydrogen-bond acceptors (Lipinski definition) is 5. The van der Waals surface area contributed by atoms with Gasteiger partial charge in [-0.15, -0.1) is 0 Å². The zero-order chi connectivity index (χ0) is 15.4. The Bertz CT molecular complexity index is 543. The van der Waals surface area contributed by atoms with Crippen LogP contribution >= 0.6 is 0 Å². The van der Waals surface area contributed by atoms with Crippen molar-refractivity contribution >= 4 is 11.7 Å². The lowest BCUT2D eigenvalue weighted by molar-refractivity contribution is -0.133. The largest absolute Gasteiger partial charge is 0.353 e. The van der Waals surface area contributed by atoms with E-state index in [9.17, 15) is 4.79 Å². The molecule has 0 aromatic carbocycles. The molecule has 0 N–H and O–H groups in total. The van der Waals surface area contributed by atoms with Gasteiger partial charge in [0.05, 0.1) is 11.6 Å². The molecule has 1 aromatic rings. The number of anilines is 1. The summed E-state index contributed by atoms with van der Waals surface area (Å²) in [6, 6.07) is 5.63. The third kappa shape index (κ3) is 3.31. The number of hydrogen-bond donors (Lipinski definition) is 0. The topological polar surface area (TPSA) is 63.5 Å². The van der Waals surface area contributed by atoms with E-state index >= 15 is 0 Å². The highest BCUT2D eigenvalue weighted by molar-refractivity contribution is 5.81. The van der Waals surface area contributed by atoms with E-state index in [1.165, 1.54) is 0 Å². The zero-order valence-corrected chi connectivity index (χ0v) is 12.8. The molecule has 1 atom stereocenters. The van der Waals surface area contributed by atoms with Gasteiger partial charge in [-0.05, 0) is 19.1 Å². The average molecular weight is 287 g/mol. The number of nitrogens with zero attached hydrogens (tertiary/aromatic N) is 5. The summed E-state index contributed by atoms with van der Waals surface area (Å²) in [5.74, 6) is 0.866. The van der Waals surface area contributed by atoms with E-state index in [0.29, 0.717) is 5.56 Å². The van der Waals surface area contributed by atoms with E-state index in [-0.39, 0.29) is 11.9 Å². The summed E-state index contributed by atoms with van der Waals surface area (Å²) >= 11 is 0. The van der Waals surface area contributed by atoms with Crippen molar-refractivity contribution in [2.75, 3.05) is 45.2 Å². The predicted octanol–water partition coefficient (Wildman–Crippen LogP) is 0.552. The molecule has 1 aromatic heterocycles. The molecule has 0 radical (unpaired) electrons. The molecule has 1 amide bonds. The average Bonchev–Trinajstić information content (AvgIpc) is 2.53. The first-order valence-electron chi connectivity index (χ1n) is 7.10. The Morgan fingerprint density at radius 3 is 2.62 bits per heavy atom. The first-order chi connectivity index (χ1) is 10.0. The number of aromatic nitrogens is 1. The normalized spacial score (nSPS) is 17.1. The standard InChI is InChI=1S/C15H21N5O/c1-12(15(21)18(2)3)19-7-9-20(10-8-19)14-13(11-16)5-4-6-17-14/h4-6,12H,7-10H2,1-3H3. The molecule has 2 heterocycles. The quantitative estimate of drug-likeness (QED) is 0.812. The summed E-state index contributed by atoms with van der Waals surface area (Å²) in [7, 11) is 3.56. The first kappa shape index (κ1) is 15.3. The lowest BCUT2D eigenvalue weighted by atomic mass is 10.2. The van der Waals surface area contributed by atoms with Crippen LogP contribution in [-0.4, -0.2) is 67.0 Å². The van der Waals surface area contributed by atoms with Crippen LogP contribution in [0.1, 0.15) is 12.5 Å². The number of pyridine rings is 1. The Hall–Kier alpha value is -2.13. The third-order valence-electron chi connectivity index (χ3n) is 3.87. The van der Waals surface area contributed by atoms with Crippen LogP contribution in [0.25, 0.3) is 0 Å². The maximum Gasteiger partial charge on any atom is 0.239 e. The molecule has 6 heteroatoms. The maximum atomic E-state index is 12.0. The van der Waals surface area contributed by atoms with Crippen LogP contribution < -0.4 is 4.90 Å². The highest BCUT2D eigenvalue weighted by Crippen LogP contribution is 2.19. The molecule has 6 nitrogen and oxygen atoms in total. The van der Waals surface area contributed by atoms with Crippen LogP contribution in [0.15, 0.2) is 18.3 Å². The van der Waals surface area contributed by atoms with Gasteiger partial charge >= 0.3 is 0 Å². The molecule has 1 aliphatic rings. The van der Waals surface area contributed by atoms with Crippen molar-refractivity contribution < 1.29 is 4.79 Å². The second-order valence-electron chi connectivity index (χ2n) is 5.42. The molecule has 1 unspecified atom stereocenters. The van der Waals surface area contributed by atoms with Crippen molar-refractivity contribution in [3.05, 3.63) is 23.9 Å². The van der Waals surface area contributed by atoms with Crippen LogP contribution in [0.2, 0.25) is 0 Å². The Morgan fingerprint density at radius 1 is 1.38 bits per heavy atom. The Balaban J connectivity index is 2.01. The second kappa shape index (κ2) is 6.55. The van der Waals surface area contributed by atoms with Gasteiger partial charge < -0.3 is 9.80 Å². The monoisotopic (exact) mass is 287 g/mol. The van der Waals surface area contributed by atoms with Gasteiger partial charge in [0, 0.05) is 46.5 Å². The highest BCUT2D eigenvalue weighted by atomic mass is 16.2. The van der Waals surface area contributed by atoms with Gasteiger partial charge in [-0.1, -0.05) is 0 Å². The minimum atomic E-state index is -0.110. The fourth-order valence-corrected chi connectivity index (χ4v) is 2.59. The highest BCUT2D eigenvalue weighted by Gasteiger charge is 2.27. The van der Waals surface area contributed by atoms with Crippen molar-refractivity contribution in [3.63, 3.8) is 0 Å². The molecular weight excluding hydrogens is 266 g/mol. The SMILES string of the molecule is CC(C(=O)N(C)C)N1CCN(c2ncccc2C#N)CC1. The van der Waals surface area contributed by atoms with Gasteiger partial charge in [0.1, 0.15) is 11.9 Å². The van der Waals surface area contributed by atoms with Crippen LogP contribution in [-0.2, 0) is 4.79 Å². The first-order valence-corrected chi connectivity index (χ1v) is 7.10. The molecule has 0 aliphatic carbocycles. The van der Waals surface area contributed by atoms with E-state index in [4.69, 9.17) is 5.26 Å². The Morgan fingerprint density at radius 2 is 2.05 bits per heavy atom. The lowest BCUT2D eigenvalue weighted by Crippen LogP contribution is -2.54. The predicted molar refractivity (Wildman–Crippen MR) is 80.9 cm³/mol. The summed E-state index contributed by atoms with van der Waals surface area (Å²) < 4.78 is 0. The van der Waals surface area contributed by atoms with Crippen molar-refractivity contribution in [3.8, 4) is 6.07 Å². The minimum absolute atomic E-state index is 0.110. The smallest absolute Gasteiger partial charge is 0.239 e. The van der Waals surface area contributed by atoms with Gasteiger partial charge in [0.15, 0.2) is 0 Å². The molecule has 1 aliphatic heterocycles. The minimum Gasteiger partial charge on any atom is -0.353 e. The van der Waals surface area contributed by atoms with Crippen molar-refractivity contribution in [1.29, 1.82) is 5.26 Å². The molecular formula is C15H21N5O. The van der Waals surface area contributed by atoms with E-state index in [1.54, 1.807) is 37.3 Å². The molecule has 1 saturated heterocycles. The number of likely N-dealkylation sites (N-methyl/N-ethyl adjacent to an activating group) is 1. The maximum absolute atomic E-state index is 12.0. The number of carbonyl (C=O) groups excluding carboxylic acids is 1. The molecule has 0 spiro atoms. The Kier molecular flexibility index (Phi) is 4.76. The van der Waals surface area contributed by atoms with E-state index < -0.39 is 0 Å². The van der Waals surface area contributed by atoms with Gasteiger partial charge in [0.2, 0.25) is 5.91 Å². The van der Waals surface area contributed by atoms with Crippen LogP contribution in [0.3, 0.4) is 0 Å². The fraction of sp³-hybridized carbons (Fsp3) is 0.533. The lowest BCUT2D eigenvalue weighted by Gasteiger charge is -2.38. The second-order valence-corrected chi connectivity index (χ2v) is 5.42. The van der Waals surface area contributed by atoms with Crippen molar-refractivity contribution in [2.24, 2.45) is 0 Å². The summed E-state index contributed by atoms with van der Waals surface area (Å²) in [6.45, 7) is 5.08. The zero-order valence-electron chi connectivity index (χ0n) is 12.8. The van der Waals surface area contributed by atoms with Gasteiger partial charge in [-0.2, -0.15) is 5.26 Å². The van der Waals surface area contributed by atoms with Crippen LogP contribution in [0.4, 0.5) is 5.82 Å². The summed E-state index contributed by atoms with van der Waals surface area (Å²) in [5.41, 5.74) is 0.600. The van der Waals surface area contributed by atoms with Gasteiger partial charge in [-0.25, -0.2) is 4.98 Å². The fourth-order valence-electron chi connectivity index (χ4n) is 2.59. The Labute approximate surface area is 125 Å². The summed E-state index contributed by atoms with van der Waals surface area (Å²) in [5, 5.41) is 9.15. The number of rotatable bonds is 3. The molecule has 0 bridgehead atoms. The van der Waals surface area contributed by atoms with Crippen LogP contribution in [0, 0.1) is 11.3 Å². The number of nitriles is 1. The summed E-state index contributed by atoms with van der Waals surface area (Å²) in [4.78, 5) is 22.2. The van der Waals surface area contributed by atoms with Crippen molar-refractivity contribution in [1.82, 2.24) is 14.8 Å². The molecule has 21 heavy (non-hydrogen) atoms. The van der Waals surface area contributed by atoms with Crippen LogP contribution in [0.5, 0.6) is 0 Å². The number of piperazine rings is 1. The van der Waals surface area contributed by atoms with Gasteiger partial charge in [0.25, 0.3) is 0 Å². The molecule has 112 valence electrons.